The number of pyridine rings is 1. The fourth-order valence-corrected chi connectivity index (χ4v) is 2.54. The average molecular weight is 340 g/mol. The van der Waals surface area contributed by atoms with Crippen molar-refractivity contribution in [2.45, 2.75) is 19.8 Å². The van der Waals surface area contributed by atoms with Crippen LogP contribution in [0.25, 0.3) is 0 Å². The molecule has 3 rings (SSSR count). The van der Waals surface area contributed by atoms with Crippen molar-refractivity contribution in [1.29, 1.82) is 0 Å². The molecule has 0 unspecified atom stereocenters. The first kappa shape index (κ1) is 18.3. The number of amides is 1. The van der Waals surface area contributed by atoms with Gasteiger partial charge in [-0.25, -0.2) is 0 Å². The van der Waals surface area contributed by atoms with Gasteiger partial charge in [0.1, 0.15) is 0 Å². The second-order valence-electron chi connectivity index (χ2n) is 5.07. The average Bonchev–Trinajstić information content (AvgIpc) is 2.46. The predicted molar refractivity (Wildman–Crippen MR) is 94.7 cm³/mol. The Bertz CT molecular complexity index is 662. The second kappa shape index (κ2) is 8.01. The van der Waals surface area contributed by atoms with Crippen LogP contribution in [0.15, 0.2) is 36.7 Å². The maximum atomic E-state index is 12.4. The highest BCUT2D eigenvalue weighted by molar-refractivity contribution is 6.06. The Hall–Kier alpha value is -1.78. The predicted octanol–water partition coefficient (Wildman–Crippen LogP) is 3.84. The van der Waals surface area contributed by atoms with Gasteiger partial charge in [0.15, 0.2) is 0 Å². The number of fused-ring (bicyclic) bond motifs is 1. The van der Waals surface area contributed by atoms with E-state index in [2.05, 4.69) is 15.6 Å². The molecular weight excluding hydrogens is 321 g/mol. The van der Waals surface area contributed by atoms with Gasteiger partial charge in [-0.05, 0) is 49.1 Å². The Labute approximate surface area is 142 Å². The van der Waals surface area contributed by atoms with Gasteiger partial charge < -0.3 is 10.6 Å². The third-order valence-corrected chi connectivity index (χ3v) is 3.47. The van der Waals surface area contributed by atoms with Crippen LogP contribution in [0.4, 0.5) is 11.4 Å². The van der Waals surface area contributed by atoms with Gasteiger partial charge in [0.2, 0.25) is 0 Å². The summed E-state index contributed by atoms with van der Waals surface area (Å²) in [6, 6.07) is 7.74. The quantitative estimate of drug-likeness (QED) is 0.873. The third kappa shape index (κ3) is 3.90. The molecule has 6 heteroatoms. The summed E-state index contributed by atoms with van der Waals surface area (Å²) in [5.74, 6) is -0.0713. The number of carbonyl (C=O) groups excluding carboxylic acids is 1. The van der Waals surface area contributed by atoms with Gasteiger partial charge >= 0.3 is 0 Å². The Morgan fingerprint density at radius 3 is 2.86 bits per heavy atom. The van der Waals surface area contributed by atoms with Gasteiger partial charge in [0, 0.05) is 24.0 Å². The van der Waals surface area contributed by atoms with Crippen molar-refractivity contribution in [2.24, 2.45) is 0 Å². The fraction of sp³-hybridized carbons (Fsp3) is 0.250. The monoisotopic (exact) mass is 339 g/mol. The fourth-order valence-electron chi connectivity index (χ4n) is 2.54. The molecule has 2 heterocycles. The summed E-state index contributed by atoms with van der Waals surface area (Å²) in [6.45, 7) is 2.93. The van der Waals surface area contributed by atoms with E-state index in [0.29, 0.717) is 0 Å². The van der Waals surface area contributed by atoms with Crippen molar-refractivity contribution in [3.05, 3.63) is 53.3 Å². The summed E-state index contributed by atoms with van der Waals surface area (Å²) < 4.78 is 0. The van der Waals surface area contributed by atoms with Crippen LogP contribution in [0.3, 0.4) is 0 Å². The molecule has 0 aliphatic carbocycles. The summed E-state index contributed by atoms with van der Waals surface area (Å²) in [4.78, 5) is 16.5. The lowest BCUT2D eigenvalue weighted by atomic mass is 9.97. The number of hydrogen-bond acceptors (Lipinski definition) is 3. The van der Waals surface area contributed by atoms with Gasteiger partial charge in [0.05, 0.1) is 11.9 Å². The van der Waals surface area contributed by atoms with E-state index in [1.54, 1.807) is 12.4 Å². The molecule has 2 aromatic rings. The van der Waals surface area contributed by atoms with E-state index in [0.717, 1.165) is 47.5 Å². The zero-order valence-corrected chi connectivity index (χ0v) is 13.9. The van der Waals surface area contributed by atoms with Crippen LogP contribution in [0, 0.1) is 6.92 Å². The minimum absolute atomic E-state index is 0. The van der Waals surface area contributed by atoms with Crippen molar-refractivity contribution in [3.63, 3.8) is 0 Å². The molecule has 0 saturated heterocycles. The molecule has 1 amide bonds. The molecule has 0 saturated carbocycles. The number of nitrogens with zero attached hydrogens (tertiary/aromatic N) is 1. The zero-order valence-electron chi connectivity index (χ0n) is 12.3. The Morgan fingerprint density at radius 1 is 1.27 bits per heavy atom. The van der Waals surface area contributed by atoms with Gasteiger partial charge in [-0.1, -0.05) is 6.07 Å². The highest BCUT2D eigenvalue weighted by Crippen LogP contribution is 2.25. The summed E-state index contributed by atoms with van der Waals surface area (Å²) in [6.07, 6.45) is 5.43. The first-order valence-corrected chi connectivity index (χ1v) is 6.83. The molecule has 1 aliphatic heterocycles. The molecule has 118 valence electrons. The summed E-state index contributed by atoms with van der Waals surface area (Å²) in [5, 5.41) is 6.26. The van der Waals surface area contributed by atoms with Crippen LogP contribution in [-0.2, 0) is 6.42 Å². The number of aromatic nitrogens is 1. The highest BCUT2D eigenvalue weighted by Gasteiger charge is 2.17. The van der Waals surface area contributed by atoms with E-state index >= 15 is 0 Å². The summed E-state index contributed by atoms with van der Waals surface area (Å²) in [5.41, 5.74) is 4.69. The topological polar surface area (TPSA) is 54.0 Å². The zero-order chi connectivity index (χ0) is 13.9. The molecule has 0 radical (unpaired) electrons. The molecule has 0 bridgehead atoms. The lowest BCUT2D eigenvalue weighted by molar-refractivity contribution is 0.102. The normalized spacial score (nSPS) is 12.0. The number of carbonyl (C=O) groups is 1. The molecule has 1 aliphatic rings. The minimum Gasteiger partial charge on any atom is -0.385 e. The van der Waals surface area contributed by atoms with E-state index in [9.17, 15) is 4.79 Å². The van der Waals surface area contributed by atoms with Crippen LogP contribution in [-0.4, -0.2) is 17.4 Å². The highest BCUT2D eigenvalue weighted by atomic mass is 35.5. The van der Waals surface area contributed by atoms with Crippen molar-refractivity contribution in [1.82, 2.24) is 4.98 Å². The third-order valence-electron chi connectivity index (χ3n) is 3.47. The number of aryl methyl sites for hydroxylation is 1. The molecular formula is C16H19Cl2N3O. The number of nitrogens with one attached hydrogen (secondary N) is 2. The standard InChI is InChI=1S/C16H17N3O.2ClH/c1-11-8-12(10-17-9-11)19-16(20)14-4-2-6-15-13(14)5-3-7-18-15;;/h2,4,6,8-10,18H,3,5,7H2,1H3,(H,19,20);2*1H. The van der Waals surface area contributed by atoms with E-state index < -0.39 is 0 Å². The molecule has 1 aromatic carbocycles. The molecule has 22 heavy (non-hydrogen) atoms. The molecule has 1 aromatic heterocycles. The SMILES string of the molecule is Cc1cncc(NC(=O)c2cccc3c2CCCN3)c1.Cl.Cl. The number of hydrogen-bond donors (Lipinski definition) is 2. The van der Waals surface area contributed by atoms with Gasteiger partial charge in [0.25, 0.3) is 5.91 Å². The second-order valence-corrected chi connectivity index (χ2v) is 5.07. The number of rotatable bonds is 2. The molecule has 0 spiro atoms. The van der Waals surface area contributed by atoms with Crippen LogP contribution in [0.1, 0.15) is 27.9 Å². The maximum absolute atomic E-state index is 12.4. The van der Waals surface area contributed by atoms with Crippen LogP contribution in [0.2, 0.25) is 0 Å². The van der Waals surface area contributed by atoms with Crippen molar-refractivity contribution in [3.8, 4) is 0 Å². The molecule has 0 atom stereocenters. The van der Waals surface area contributed by atoms with E-state index in [4.69, 9.17) is 0 Å². The van der Waals surface area contributed by atoms with Gasteiger partial charge in [-0.2, -0.15) is 0 Å². The molecule has 2 N–H and O–H groups in total. The summed E-state index contributed by atoms with van der Waals surface area (Å²) in [7, 11) is 0. The molecule has 0 fully saturated rings. The number of anilines is 2. The lowest BCUT2D eigenvalue weighted by Gasteiger charge is -2.20. The van der Waals surface area contributed by atoms with E-state index in [1.165, 1.54) is 0 Å². The van der Waals surface area contributed by atoms with E-state index in [-0.39, 0.29) is 30.7 Å². The minimum atomic E-state index is -0.0713. The Balaban J connectivity index is 0.00000121. The van der Waals surface area contributed by atoms with Crippen molar-refractivity contribution >= 4 is 42.1 Å². The van der Waals surface area contributed by atoms with Gasteiger partial charge in [-0.3, -0.25) is 9.78 Å². The number of halogens is 2. The van der Waals surface area contributed by atoms with Crippen LogP contribution < -0.4 is 10.6 Å². The van der Waals surface area contributed by atoms with Crippen molar-refractivity contribution < 1.29 is 4.79 Å². The first-order chi connectivity index (χ1) is 9.74. The van der Waals surface area contributed by atoms with Crippen molar-refractivity contribution in [2.75, 3.05) is 17.2 Å². The Morgan fingerprint density at radius 2 is 2.09 bits per heavy atom. The first-order valence-electron chi connectivity index (χ1n) is 6.83. The maximum Gasteiger partial charge on any atom is 0.256 e. The van der Waals surface area contributed by atoms with Crippen LogP contribution >= 0.6 is 24.8 Å². The number of benzene rings is 1. The molecule has 4 nitrogen and oxygen atoms in total. The smallest absolute Gasteiger partial charge is 0.256 e. The largest absolute Gasteiger partial charge is 0.385 e. The lowest BCUT2D eigenvalue weighted by Crippen LogP contribution is -2.19. The van der Waals surface area contributed by atoms with Crippen LogP contribution in [0.5, 0.6) is 0 Å². The Kier molecular flexibility index (Phi) is 6.65. The van der Waals surface area contributed by atoms with Gasteiger partial charge in [-0.15, -0.1) is 24.8 Å². The van der Waals surface area contributed by atoms with E-state index in [1.807, 2.05) is 31.2 Å². The summed E-state index contributed by atoms with van der Waals surface area (Å²) >= 11 is 0.